The predicted molar refractivity (Wildman–Crippen MR) is 58.4 cm³/mol. The Balaban J connectivity index is 2.43. The molecule has 0 bridgehead atoms. The van der Waals surface area contributed by atoms with Gasteiger partial charge in [0.05, 0.1) is 5.56 Å². The molecule has 7 heteroatoms. The molecular formula is C11H7ClF3NO2. The Hall–Kier alpha value is -1.56. The zero-order chi connectivity index (χ0) is 13.5. The molecule has 1 aromatic carbocycles. The third-order valence-electron chi connectivity index (χ3n) is 2.57. The molecule has 0 aromatic heterocycles. The van der Waals surface area contributed by atoms with Crippen LogP contribution < -0.4 is 4.90 Å². The van der Waals surface area contributed by atoms with Crippen LogP contribution in [0.4, 0.5) is 18.9 Å². The Kier molecular flexibility index (Phi) is 3.06. The van der Waals surface area contributed by atoms with Gasteiger partial charge in [0.2, 0.25) is 5.78 Å². The van der Waals surface area contributed by atoms with E-state index in [1.54, 1.807) is 0 Å². The van der Waals surface area contributed by atoms with Crippen molar-refractivity contribution < 1.29 is 22.8 Å². The molecule has 3 nitrogen and oxygen atoms in total. The van der Waals surface area contributed by atoms with Gasteiger partial charge in [-0.25, -0.2) is 0 Å². The fourth-order valence-corrected chi connectivity index (χ4v) is 1.94. The summed E-state index contributed by atoms with van der Waals surface area (Å²) in [4.78, 5) is 23.5. The van der Waals surface area contributed by atoms with Crippen LogP contribution >= 0.6 is 11.6 Å². The molecule has 0 N–H and O–H groups in total. The summed E-state index contributed by atoms with van der Waals surface area (Å²) in [7, 11) is 0. The number of Topliss-reactive ketones (excluding diaryl/α,β-unsaturated/α-hetero) is 1. The second kappa shape index (κ2) is 4.28. The molecule has 1 heterocycles. The molecule has 0 unspecified atom stereocenters. The van der Waals surface area contributed by atoms with Crippen molar-refractivity contribution in [3.8, 4) is 0 Å². The van der Waals surface area contributed by atoms with E-state index in [1.165, 1.54) is 6.07 Å². The van der Waals surface area contributed by atoms with Crippen molar-refractivity contribution in [2.24, 2.45) is 0 Å². The second-order valence-corrected chi connectivity index (χ2v) is 4.26. The van der Waals surface area contributed by atoms with E-state index in [4.69, 9.17) is 11.6 Å². The Morgan fingerprint density at radius 3 is 2.33 bits per heavy atom. The third-order valence-corrected chi connectivity index (χ3v) is 2.79. The van der Waals surface area contributed by atoms with Gasteiger partial charge in [0.15, 0.2) is 0 Å². The summed E-state index contributed by atoms with van der Waals surface area (Å²) in [5, 5.41) is -0.132. The summed E-state index contributed by atoms with van der Waals surface area (Å²) in [5.41, 5.74) is -0.956. The Morgan fingerprint density at radius 2 is 1.83 bits per heavy atom. The molecule has 0 radical (unpaired) electrons. The quantitative estimate of drug-likeness (QED) is 0.740. The highest BCUT2D eigenvalue weighted by Gasteiger charge is 2.34. The summed E-state index contributed by atoms with van der Waals surface area (Å²) in [5.74, 6) is -1.41. The molecule has 1 amide bonds. The lowest BCUT2D eigenvalue weighted by atomic mass is 10.2. The van der Waals surface area contributed by atoms with E-state index in [2.05, 4.69) is 0 Å². The van der Waals surface area contributed by atoms with Gasteiger partial charge in [-0.15, -0.1) is 0 Å². The molecule has 0 atom stereocenters. The van der Waals surface area contributed by atoms with Crippen molar-refractivity contribution in [3.05, 3.63) is 28.8 Å². The van der Waals surface area contributed by atoms with E-state index in [9.17, 15) is 22.8 Å². The standard InChI is InChI=1S/C11H7ClF3NO2/c12-7-3-6(11(13,14)15)4-8(5-7)16-2-1-9(17)10(16)18/h3-5H,1-2H2. The normalized spacial score (nSPS) is 16.6. The number of hydrogen-bond donors (Lipinski definition) is 0. The number of rotatable bonds is 1. The third kappa shape index (κ3) is 2.33. The first-order valence-electron chi connectivity index (χ1n) is 5.01. The smallest absolute Gasteiger partial charge is 0.305 e. The minimum absolute atomic E-state index is 0.00664. The lowest BCUT2D eigenvalue weighted by molar-refractivity contribution is -0.137. The first kappa shape index (κ1) is 12.9. The fraction of sp³-hybridized carbons (Fsp3) is 0.273. The fourth-order valence-electron chi connectivity index (χ4n) is 1.71. The number of carbonyl (C=O) groups is 2. The molecule has 2 rings (SSSR count). The number of amides is 1. The molecule has 1 aliphatic rings. The highest BCUT2D eigenvalue weighted by Crippen LogP contribution is 2.35. The topological polar surface area (TPSA) is 37.4 Å². The molecule has 0 saturated carbocycles. The predicted octanol–water partition coefficient (Wildman–Crippen LogP) is 2.66. The SMILES string of the molecule is O=C1CCN(c2cc(Cl)cc(C(F)(F)F)c2)C1=O. The van der Waals surface area contributed by atoms with Crippen molar-refractivity contribution in [2.75, 3.05) is 11.4 Å². The van der Waals surface area contributed by atoms with Gasteiger partial charge in [-0.3, -0.25) is 9.59 Å². The van der Waals surface area contributed by atoms with Crippen LogP contribution in [0.15, 0.2) is 18.2 Å². The van der Waals surface area contributed by atoms with Crippen LogP contribution in [-0.2, 0) is 15.8 Å². The molecular weight excluding hydrogens is 271 g/mol. The highest BCUT2D eigenvalue weighted by molar-refractivity contribution is 6.43. The lowest BCUT2D eigenvalue weighted by Gasteiger charge is -2.17. The largest absolute Gasteiger partial charge is 0.416 e. The molecule has 96 valence electrons. The van der Waals surface area contributed by atoms with Crippen LogP contribution in [0.1, 0.15) is 12.0 Å². The Bertz CT molecular complexity index is 528. The number of halogens is 4. The van der Waals surface area contributed by atoms with E-state index >= 15 is 0 Å². The van der Waals surface area contributed by atoms with E-state index in [-0.39, 0.29) is 23.7 Å². The van der Waals surface area contributed by atoms with Gasteiger partial charge >= 0.3 is 6.18 Å². The van der Waals surface area contributed by atoms with E-state index < -0.39 is 23.4 Å². The first-order valence-corrected chi connectivity index (χ1v) is 5.39. The summed E-state index contributed by atoms with van der Waals surface area (Å²) in [6, 6.07) is 2.81. The summed E-state index contributed by atoms with van der Waals surface area (Å²) in [6.07, 6.45) is -4.54. The number of hydrogen-bond acceptors (Lipinski definition) is 2. The maximum absolute atomic E-state index is 12.6. The molecule has 18 heavy (non-hydrogen) atoms. The molecule has 0 spiro atoms. The molecule has 1 aromatic rings. The van der Waals surface area contributed by atoms with E-state index in [1.807, 2.05) is 0 Å². The van der Waals surface area contributed by atoms with Crippen molar-refractivity contribution in [1.29, 1.82) is 0 Å². The monoisotopic (exact) mass is 277 g/mol. The van der Waals surface area contributed by atoms with Crippen LogP contribution in [0.3, 0.4) is 0 Å². The molecule has 1 aliphatic heterocycles. The lowest BCUT2D eigenvalue weighted by Crippen LogP contribution is -2.27. The molecule has 1 saturated heterocycles. The number of carbonyl (C=O) groups excluding carboxylic acids is 2. The van der Waals surface area contributed by atoms with Crippen LogP contribution in [0.25, 0.3) is 0 Å². The zero-order valence-corrected chi connectivity index (χ0v) is 9.68. The van der Waals surface area contributed by atoms with Crippen molar-refractivity contribution >= 4 is 29.0 Å². The maximum Gasteiger partial charge on any atom is 0.416 e. The first-order chi connectivity index (χ1) is 8.29. The van der Waals surface area contributed by atoms with Gasteiger partial charge in [0.1, 0.15) is 0 Å². The number of ketones is 1. The summed E-state index contributed by atoms with van der Waals surface area (Å²) < 4.78 is 37.7. The Morgan fingerprint density at radius 1 is 1.17 bits per heavy atom. The molecule has 1 fully saturated rings. The van der Waals surface area contributed by atoms with Gasteiger partial charge in [-0.1, -0.05) is 11.6 Å². The van der Waals surface area contributed by atoms with Crippen LogP contribution in [0, 0.1) is 0 Å². The number of anilines is 1. The van der Waals surface area contributed by atoms with E-state index in [0.29, 0.717) is 0 Å². The van der Waals surface area contributed by atoms with Gasteiger partial charge in [-0.05, 0) is 18.2 Å². The van der Waals surface area contributed by atoms with Crippen LogP contribution in [0.5, 0.6) is 0 Å². The van der Waals surface area contributed by atoms with Crippen molar-refractivity contribution in [1.82, 2.24) is 0 Å². The van der Waals surface area contributed by atoms with Crippen molar-refractivity contribution in [2.45, 2.75) is 12.6 Å². The van der Waals surface area contributed by atoms with Gasteiger partial charge < -0.3 is 4.90 Å². The van der Waals surface area contributed by atoms with Gasteiger partial charge in [0, 0.05) is 23.7 Å². The molecule has 0 aliphatic carbocycles. The minimum Gasteiger partial charge on any atom is -0.305 e. The number of nitrogens with zero attached hydrogens (tertiary/aromatic N) is 1. The zero-order valence-electron chi connectivity index (χ0n) is 8.92. The number of benzene rings is 1. The summed E-state index contributed by atoms with van der Waals surface area (Å²) >= 11 is 5.60. The van der Waals surface area contributed by atoms with E-state index in [0.717, 1.165) is 17.0 Å². The minimum atomic E-state index is -4.55. The van der Waals surface area contributed by atoms with Crippen molar-refractivity contribution in [3.63, 3.8) is 0 Å². The van der Waals surface area contributed by atoms with Crippen LogP contribution in [-0.4, -0.2) is 18.2 Å². The average molecular weight is 278 g/mol. The summed E-state index contributed by atoms with van der Waals surface area (Å²) in [6.45, 7) is 0.0787. The van der Waals surface area contributed by atoms with Crippen LogP contribution in [0.2, 0.25) is 5.02 Å². The number of alkyl halides is 3. The highest BCUT2D eigenvalue weighted by atomic mass is 35.5. The maximum atomic E-state index is 12.6. The second-order valence-electron chi connectivity index (χ2n) is 3.83. The van der Waals surface area contributed by atoms with Gasteiger partial charge in [-0.2, -0.15) is 13.2 Å². The Labute approximate surface area is 105 Å². The van der Waals surface area contributed by atoms with Gasteiger partial charge in [0.25, 0.3) is 5.91 Å². The average Bonchev–Trinajstić information content (AvgIpc) is 2.58.